The third-order valence-corrected chi connectivity index (χ3v) is 12.4. The van der Waals surface area contributed by atoms with Gasteiger partial charge in [-0.15, -0.1) is 0 Å². The van der Waals surface area contributed by atoms with Crippen LogP contribution in [0.25, 0.3) is 0 Å². The molecule has 62 heavy (non-hydrogen) atoms. The van der Waals surface area contributed by atoms with Gasteiger partial charge in [-0.3, -0.25) is 9.35 Å². The Hall–Kier alpha value is -1.46. The largest absolute Gasteiger partial charge is 0.397 e. The van der Waals surface area contributed by atoms with Crippen LogP contribution in [0.4, 0.5) is 0 Å². The Labute approximate surface area is 376 Å². The number of allylic oxidation sites excluding steroid dienone is 4. The van der Waals surface area contributed by atoms with E-state index >= 15 is 0 Å². The lowest BCUT2D eigenvalue weighted by molar-refractivity contribution is -0.298. The number of amides is 1. The molecule has 14 heteroatoms. The van der Waals surface area contributed by atoms with E-state index < -0.39 is 78.5 Å². The minimum atomic E-state index is -5.11. The van der Waals surface area contributed by atoms with Crippen molar-refractivity contribution in [1.29, 1.82) is 0 Å². The van der Waals surface area contributed by atoms with Gasteiger partial charge in [0.05, 0.1) is 25.4 Å². The van der Waals surface area contributed by atoms with Gasteiger partial charge in [0.2, 0.25) is 5.91 Å². The number of unbranched alkanes of at least 4 members (excludes halogenated alkanes) is 26. The van der Waals surface area contributed by atoms with E-state index in [1.807, 2.05) is 0 Å². The maximum Gasteiger partial charge on any atom is 0.397 e. The molecule has 7 N–H and O–H groups in total. The van der Waals surface area contributed by atoms with Gasteiger partial charge in [-0.25, -0.2) is 4.18 Å². The van der Waals surface area contributed by atoms with Crippen LogP contribution >= 0.6 is 0 Å². The van der Waals surface area contributed by atoms with Gasteiger partial charge in [-0.05, 0) is 38.5 Å². The molecule has 0 saturated carbocycles. The summed E-state index contributed by atoms with van der Waals surface area (Å²) < 4.78 is 47.6. The van der Waals surface area contributed by atoms with Crippen LogP contribution in [0, 0.1) is 0 Å². The molecule has 1 saturated heterocycles. The van der Waals surface area contributed by atoms with Gasteiger partial charge in [0.1, 0.15) is 30.5 Å². The Morgan fingerprint density at radius 2 is 1.06 bits per heavy atom. The lowest BCUT2D eigenvalue weighted by Crippen LogP contribution is -2.61. The van der Waals surface area contributed by atoms with E-state index in [0.717, 1.165) is 57.8 Å². The summed E-state index contributed by atoms with van der Waals surface area (Å²) in [5, 5.41) is 55.4. The topological polar surface area (TPSA) is 212 Å². The highest BCUT2D eigenvalue weighted by Gasteiger charge is 2.48. The molecule has 1 amide bonds. The van der Waals surface area contributed by atoms with Gasteiger partial charge in [0, 0.05) is 0 Å². The summed E-state index contributed by atoms with van der Waals surface area (Å²) in [6, 6.07) is -1.04. The standard InChI is InChI=1S/C48H91NO12S/c1-3-5-7-9-11-13-15-17-19-20-21-22-23-25-26-28-30-32-34-36-41(51)40(39-59-48-45(54)46(61-62(56,57)58)44(53)43(38-50)60-48)49-47(55)42(52)37-35-33-31-29-27-24-18-16-14-12-10-8-6-4-2/h12,14,16,18,40-46,48,50-54H,3-11,13,15,17,19-39H2,1-2H3,(H,49,55)(H,56,57,58)/b14-12-,18-16-. The molecule has 1 aliphatic heterocycles. The number of ether oxygens (including phenoxy) is 2. The van der Waals surface area contributed by atoms with E-state index in [1.54, 1.807) is 0 Å². The van der Waals surface area contributed by atoms with Crippen molar-refractivity contribution in [1.82, 2.24) is 5.32 Å². The van der Waals surface area contributed by atoms with Crippen molar-refractivity contribution in [2.75, 3.05) is 13.2 Å². The number of nitrogens with one attached hydrogen (secondary N) is 1. The third-order valence-electron chi connectivity index (χ3n) is 11.9. The minimum absolute atomic E-state index is 0.243. The van der Waals surface area contributed by atoms with E-state index in [2.05, 4.69) is 47.7 Å². The van der Waals surface area contributed by atoms with Crippen LogP contribution in [-0.2, 0) is 28.9 Å². The average Bonchev–Trinajstić information content (AvgIpc) is 3.24. The zero-order valence-electron chi connectivity index (χ0n) is 38.8. The first-order chi connectivity index (χ1) is 29.9. The number of hydrogen-bond acceptors (Lipinski definition) is 11. The Morgan fingerprint density at radius 3 is 1.53 bits per heavy atom. The molecule has 8 atom stereocenters. The van der Waals surface area contributed by atoms with E-state index in [4.69, 9.17) is 9.47 Å². The molecule has 0 aliphatic carbocycles. The molecule has 1 heterocycles. The van der Waals surface area contributed by atoms with Gasteiger partial charge in [0.15, 0.2) is 6.29 Å². The molecule has 0 aromatic rings. The molecular weight excluding hydrogens is 815 g/mol. The zero-order chi connectivity index (χ0) is 45.7. The van der Waals surface area contributed by atoms with Crippen LogP contribution in [0.15, 0.2) is 24.3 Å². The van der Waals surface area contributed by atoms with E-state index in [1.165, 1.54) is 116 Å². The highest BCUT2D eigenvalue weighted by molar-refractivity contribution is 7.80. The van der Waals surface area contributed by atoms with Crippen molar-refractivity contribution >= 4 is 16.3 Å². The fourth-order valence-corrected chi connectivity index (χ4v) is 8.44. The van der Waals surface area contributed by atoms with Crippen LogP contribution < -0.4 is 5.32 Å². The zero-order valence-corrected chi connectivity index (χ0v) is 39.6. The van der Waals surface area contributed by atoms with Crippen LogP contribution in [0.3, 0.4) is 0 Å². The molecule has 366 valence electrons. The normalized spacial score (nSPS) is 21.2. The number of carbonyl (C=O) groups is 1. The quantitative estimate of drug-likeness (QED) is 0.0174. The maximum absolute atomic E-state index is 13.1. The highest BCUT2D eigenvalue weighted by atomic mass is 32.3. The second-order valence-corrected chi connectivity index (χ2v) is 18.6. The summed E-state index contributed by atoms with van der Waals surface area (Å²) in [7, 11) is -5.11. The lowest BCUT2D eigenvalue weighted by Gasteiger charge is -2.41. The molecule has 0 aromatic carbocycles. The van der Waals surface area contributed by atoms with Crippen molar-refractivity contribution < 1.29 is 57.0 Å². The first-order valence-corrected chi connectivity index (χ1v) is 26.2. The second-order valence-electron chi connectivity index (χ2n) is 17.6. The number of rotatable bonds is 42. The fourth-order valence-electron chi connectivity index (χ4n) is 7.93. The third kappa shape index (κ3) is 30.6. The highest BCUT2D eigenvalue weighted by Crippen LogP contribution is 2.26. The van der Waals surface area contributed by atoms with Crippen molar-refractivity contribution in [3.8, 4) is 0 Å². The van der Waals surface area contributed by atoms with Gasteiger partial charge < -0.3 is 40.3 Å². The predicted molar refractivity (Wildman–Crippen MR) is 247 cm³/mol. The molecule has 0 bridgehead atoms. The van der Waals surface area contributed by atoms with E-state index in [-0.39, 0.29) is 6.42 Å². The Morgan fingerprint density at radius 1 is 0.645 bits per heavy atom. The van der Waals surface area contributed by atoms with Gasteiger partial charge >= 0.3 is 10.4 Å². The lowest BCUT2D eigenvalue weighted by atomic mass is 9.99. The van der Waals surface area contributed by atoms with Crippen LogP contribution in [-0.4, -0.2) is 107 Å². The molecule has 13 nitrogen and oxygen atoms in total. The second kappa shape index (κ2) is 38.8. The SMILES string of the molecule is CCCCC/C=C\C=C/CCCCCCCC(O)C(=O)NC(COC1OC(CO)C(O)C(OS(=O)(=O)O)C1O)C(O)CCCCCCCCCCCCCCCCCCCCC. The number of hydrogen-bond donors (Lipinski definition) is 7. The summed E-state index contributed by atoms with van der Waals surface area (Å²) in [6.45, 7) is 3.25. The summed E-state index contributed by atoms with van der Waals surface area (Å²) in [4.78, 5) is 13.1. The van der Waals surface area contributed by atoms with Crippen LogP contribution in [0.2, 0.25) is 0 Å². The molecule has 0 spiro atoms. The number of aliphatic hydroxyl groups excluding tert-OH is 5. The van der Waals surface area contributed by atoms with Crippen molar-refractivity contribution in [2.45, 2.75) is 262 Å². The van der Waals surface area contributed by atoms with Crippen molar-refractivity contribution in [2.24, 2.45) is 0 Å². The Bertz CT molecular complexity index is 1220. The predicted octanol–water partition coefficient (Wildman–Crippen LogP) is 9.08. The summed E-state index contributed by atoms with van der Waals surface area (Å²) >= 11 is 0. The smallest absolute Gasteiger partial charge is 0.394 e. The maximum atomic E-state index is 13.1. The molecule has 0 aromatic heterocycles. The summed E-state index contributed by atoms with van der Waals surface area (Å²) in [6.07, 6.45) is 32.1. The van der Waals surface area contributed by atoms with E-state index in [9.17, 15) is 43.3 Å². The molecule has 1 fully saturated rings. The monoisotopic (exact) mass is 906 g/mol. The van der Waals surface area contributed by atoms with Gasteiger partial charge in [-0.1, -0.05) is 199 Å². The molecule has 8 unspecified atom stereocenters. The van der Waals surface area contributed by atoms with Crippen LogP contribution in [0.1, 0.15) is 213 Å². The molecule has 0 radical (unpaired) electrons. The summed E-state index contributed by atoms with van der Waals surface area (Å²) in [5.41, 5.74) is 0. The molecule has 1 aliphatic rings. The van der Waals surface area contributed by atoms with Crippen molar-refractivity contribution in [3.63, 3.8) is 0 Å². The van der Waals surface area contributed by atoms with Crippen molar-refractivity contribution in [3.05, 3.63) is 24.3 Å². The molecule has 1 rings (SSSR count). The van der Waals surface area contributed by atoms with Gasteiger partial charge in [0.25, 0.3) is 0 Å². The number of aliphatic hydroxyl groups is 5. The average molecular weight is 906 g/mol. The first-order valence-electron chi connectivity index (χ1n) is 24.8. The fraction of sp³-hybridized carbons (Fsp3) is 0.896. The van der Waals surface area contributed by atoms with E-state index in [0.29, 0.717) is 19.3 Å². The first kappa shape index (κ1) is 58.6. The van der Waals surface area contributed by atoms with Gasteiger partial charge in [-0.2, -0.15) is 8.42 Å². The minimum Gasteiger partial charge on any atom is -0.394 e. The molecular formula is C48H91NO12S. The van der Waals surface area contributed by atoms with Crippen LogP contribution in [0.5, 0.6) is 0 Å². The summed E-state index contributed by atoms with van der Waals surface area (Å²) in [5.74, 6) is -0.681. The Balaban J connectivity index is 2.52. The Kier molecular flexibility index (Phi) is 36.6. The number of carbonyl (C=O) groups excluding carboxylic acids is 1.